The summed E-state index contributed by atoms with van der Waals surface area (Å²) >= 11 is 0. The van der Waals surface area contributed by atoms with E-state index in [0.717, 1.165) is 18.2 Å². The molecule has 0 bridgehead atoms. The van der Waals surface area contributed by atoms with Crippen LogP contribution in [0.15, 0.2) is 18.2 Å². The van der Waals surface area contributed by atoms with Gasteiger partial charge in [0.25, 0.3) is 0 Å². The molecule has 1 radical (unpaired) electrons. The topological polar surface area (TPSA) is 37.3 Å². The molecular formula is C7H4F2O2Tb. The van der Waals surface area contributed by atoms with Gasteiger partial charge in [-0.3, -0.25) is 0 Å². The largest absolute Gasteiger partial charge is 0.478 e. The van der Waals surface area contributed by atoms with Crippen molar-refractivity contribution < 1.29 is 57.3 Å². The van der Waals surface area contributed by atoms with Crippen LogP contribution in [-0.4, -0.2) is 11.1 Å². The van der Waals surface area contributed by atoms with Gasteiger partial charge in [0.1, 0.15) is 0 Å². The van der Waals surface area contributed by atoms with Crippen LogP contribution in [-0.2, 0) is 0 Å². The van der Waals surface area contributed by atoms with Crippen molar-refractivity contribution in [2.24, 2.45) is 0 Å². The molecule has 0 saturated heterocycles. The molecule has 0 amide bonds. The molecule has 0 spiro atoms. The van der Waals surface area contributed by atoms with Gasteiger partial charge < -0.3 is 5.11 Å². The smallest absolute Gasteiger partial charge is 0.338 e. The second-order valence-corrected chi connectivity index (χ2v) is 1.91. The van der Waals surface area contributed by atoms with Gasteiger partial charge in [-0.25, -0.2) is 13.6 Å². The maximum atomic E-state index is 12.5. The first-order valence-electron chi connectivity index (χ1n) is 2.80. The second-order valence-electron chi connectivity index (χ2n) is 1.91. The molecule has 0 atom stereocenters. The monoisotopic (exact) mass is 317 g/mol. The summed E-state index contributed by atoms with van der Waals surface area (Å²) in [5, 5.41) is 8.28. The summed E-state index contributed by atoms with van der Waals surface area (Å²) < 4.78 is 24.8. The van der Waals surface area contributed by atoms with E-state index in [9.17, 15) is 13.6 Å². The number of hydrogen-bond donors (Lipinski definition) is 1. The van der Waals surface area contributed by atoms with Crippen LogP contribution < -0.4 is 0 Å². The molecule has 0 aliphatic carbocycles. The Bertz CT molecular complexity index is 301. The van der Waals surface area contributed by atoms with Crippen molar-refractivity contribution in [2.75, 3.05) is 0 Å². The second kappa shape index (κ2) is 4.76. The average molecular weight is 317 g/mol. The van der Waals surface area contributed by atoms with E-state index in [0.29, 0.717) is 0 Å². The van der Waals surface area contributed by atoms with Gasteiger partial charge in [-0.05, 0) is 12.1 Å². The number of carboxylic acids is 1. The van der Waals surface area contributed by atoms with Crippen LogP contribution in [0, 0.1) is 50.2 Å². The molecule has 0 heterocycles. The minimum atomic E-state index is -1.47. The molecule has 12 heavy (non-hydrogen) atoms. The zero-order chi connectivity index (χ0) is 8.43. The van der Waals surface area contributed by atoms with Crippen molar-refractivity contribution in [3.05, 3.63) is 35.4 Å². The van der Waals surface area contributed by atoms with Gasteiger partial charge in [0, 0.05) is 38.6 Å². The van der Waals surface area contributed by atoms with E-state index in [2.05, 4.69) is 0 Å². The van der Waals surface area contributed by atoms with Gasteiger partial charge in [0.05, 0.1) is 5.56 Å². The molecule has 2 nitrogen and oxygen atoms in total. The molecule has 1 N–H and O–H groups in total. The molecular weight excluding hydrogens is 313 g/mol. The van der Waals surface area contributed by atoms with E-state index in [1.54, 1.807) is 0 Å². The molecule has 5 heteroatoms. The number of carboxylic acid groups (broad SMARTS) is 1. The number of hydrogen-bond acceptors (Lipinski definition) is 1. The number of aromatic carboxylic acids is 1. The Balaban J connectivity index is 0.00000121. The van der Waals surface area contributed by atoms with Crippen LogP contribution in [0.25, 0.3) is 0 Å². The van der Waals surface area contributed by atoms with E-state index in [1.165, 1.54) is 0 Å². The summed E-state index contributed by atoms with van der Waals surface area (Å²) in [6.07, 6.45) is 0. The summed E-state index contributed by atoms with van der Waals surface area (Å²) in [6.45, 7) is 0. The van der Waals surface area contributed by atoms with Crippen LogP contribution in [0.3, 0.4) is 0 Å². The Morgan fingerprint density at radius 2 is 1.92 bits per heavy atom. The van der Waals surface area contributed by atoms with Crippen molar-refractivity contribution in [1.29, 1.82) is 0 Å². The Hall–Kier alpha value is -0.164. The molecule has 1 rings (SSSR count). The maximum Gasteiger partial charge on any atom is 0.338 e. The number of benzene rings is 1. The fourth-order valence-corrected chi connectivity index (χ4v) is 0.669. The minimum Gasteiger partial charge on any atom is -0.478 e. The Kier molecular flexibility index (Phi) is 4.70. The Morgan fingerprint density at radius 3 is 2.33 bits per heavy atom. The van der Waals surface area contributed by atoms with Crippen LogP contribution >= 0.6 is 0 Å². The molecule has 0 saturated carbocycles. The van der Waals surface area contributed by atoms with E-state index in [4.69, 9.17) is 5.11 Å². The van der Waals surface area contributed by atoms with Gasteiger partial charge in [-0.15, -0.1) is 0 Å². The quantitative estimate of drug-likeness (QED) is 0.855. The standard InChI is InChI=1S/C7H4F2O2.Tb/c8-5-3-1-2-4(6(5)9)7(10)11;/h1-3H,(H,10,11);. The Labute approximate surface area is 98.0 Å². The normalized spacial score (nSPS) is 8.83. The fraction of sp³-hybridized carbons (Fsp3) is 0. The third-order valence-electron chi connectivity index (χ3n) is 1.18. The van der Waals surface area contributed by atoms with Crippen LogP contribution in [0.1, 0.15) is 10.4 Å². The van der Waals surface area contributed by atoms with Crippen molar-refractivity contribution >= 4 is 5.97 Å². The summed E-state index contributed by atoms with van der Waals surface area (Å²) in [5.41, 5.74) is -0.648. The zero-order valence-corrected chi connectivity index (χ0v) is 7.82. The summed E-state index contributed by atoms with van der Waals surface area (Å²) in [5.74, 6) is -3.94. The van der Waals surface area contributed by atoms with Crippen LogP contribution in [0.2, 0.25) is 0 Å². The van der Waals surface area contributed by atoms with Gasteiger partial charge in [-0.2, -0.15) is 0 Å². The maximum absolute atomic E-state index is 12.5. The third kappa shape index (κ3) is 2.41. The predicted molar refractivity (Wildman–Crippen MR) is 33.3 cm³/mol. The summed E-state index contributed by atoms with van der Waals surface area (Å²) in [4.78, 5) is 10.2. The number of rotatable bonds is 1. The Morgan fingerprint density at radius 1 is 1.33 bits per heavy atom. The van der Waals surface area contributed by atoms with Crippen molar-refractivity contribution in [3.63, 3.8) is 0 Å². The molecule has 67 valence electrons. The average Bonchev–Trinajstić information content (AvgIpc) is 1.94. The molecule has 1 aromatic rings. The van der Waals surface area contributed by atoms with E-state index in [-0.39, 0.29) is 38.6 Å². The van der Waals surface area contributed by atoms with Gasteiger partial charge in [-0.1, -0.05) is 6.07 Å². The van der Waals surface area contributed by atoms with Gasteiger partial charge in [0.15, 0.2) is 11.6 Å². The van der Waals surface area contributed by atoms with Crippen LogP contribution in [0.5, 0.6) is 0 Å². The molecule has 0 unspecified atom stereocenters. The molecule has 0 aliphatic heterocycles. The van der Waals surface area contributed by atoms with Crippen LogP contribution in [0.4, 0.5) is 8.78 Å². The SMILES string of the molecule is O=C(O)c1cccc(F)c1F.[Tb]. The molecule has 1 aromatic carbocycles. The fourth-order valence-electron chi connectivity index (χ4n) is 0.669. The van der Waals surface area contributed by atoms with Crippen molar-refractivity contribution in [1.82, 2.24) is 0 Å². The van der Waals surface area contributed by atoms with Gasteiger partial charge in [0.2, 0.25) is 0 Å². The predicted octanol–water partition coefficient (Wildman–Crippen LogP) is 1.66. The van der Waals surface area contributed by atoms with E-state index >= 15 is 0 Å². The van der Waals surface area contributed by atoms with Crippen molar-refractivity contribution in [3.8, 4) is 0 Å². The number of carbonyl (C=O) groups is 1. The summed E-state index contributed by atoms with van der Waals surface area (Å²) in [7, 11) is 0. The van der Waals surface area contributed by atoms with E-state index in [1.807, 2.05) is 0 Å². The van der Waals surface area contributed by atoms with Crippen molar-refractivity contribution in [2.45, 2.75) is 0 Å². The number of halogens is 2. The zero-order valence-electron chi connectivity index (χ0n) is 5.68. The first-order chi connectivity index (χ1) is 5.13. The van der Waals surface area contributed by atoms with E-state index < -0.39 is 23.2 Å². The summed E-state index contributed by atoms with van der Waals surface area (Å²) in [6, 6.07) is 3.00. The minimum absolute atomic E-state index is 0. The van der Waals surface area contributed by atoms with Gasteiger partial charge >= 0.3 is 5.97 Å². The molecule has 0 aliphatic rings. The molecule has 0 aromatic heterocycles. The first-order valence-corrected chi connectivity index (χ1v) is 2.80. The first kappa shape index (κ1) is 11.8. The third-order valence-corrected chi connectivity index (χ3v) is 1.18. The molecule has 0 fully saturated rings.